The van der Waals surface area contributed by atoms with E-state index in [9.17, 15) is 0 Å². The van der Waals surface area contributed by atoms with Gasteiger partial charge >= 0.3 is 0 Å². The topological polar surface area (TPSA) is 34.1 Å². The van der Waals surface area contributed by atoms with Crippen LogP contribution in [0.15, 0.2) is 18.3 Å². The molecule has 1 aliphatic carbocycles. The van der Waals surface area contributed by atoms with Crippen molar-refractivity contribution in [3.05, 3.63) is 23.4 Å². The maximum atomic E-state index is 5.72. The van der Waals surface area contributed by atoms with Crippen LogP contribution in [0.2, 0.25) is 5.02 Å². The van der Waals surface area contributed by atoms with Crippen LogP contribution in [0.25, 0.3) is 0 Å². The van der Waals surface area contributed by atoms with E-state index >= 15 is 0 Å². The van der Waals surface area contributed by atoms with E-state index in [-0.39, 0.29) is 0 Å². The van der Waals surface area contributed by atoms with Gasteiger partial charge in [-0.1, -0.05) is 11.6 Å². The normalized spacial score (nSPS) is 15.3. The molecule has 2 rings (SSSR count). The van der Waals surface area contributed by atoms with Gasteiger partial charge in [-0.3, -0.25) is 0 Å². The zero-order valence-corrected chi connectivity index (χ0v) is 9.33. The van der Waals surface area contributed by atoms with Gasteiger partial charge in [0, 0.05) is 19.3 Å². The molecule has 82 valence electrons. The summed E-state index contributed by atoms with van der Waals surface area (Å²) in [6.45, 7) is 2.44. The maximum Gasteiger partial charge on any atom is 0.126 e. The van der Waals surface area contributed by atoms with Crippen molar-refractivity contribution in [1.29, 1.82) is 0 Å². The fourth-order valence-corrected chi connectivity index (χ4v) is 1.38. The average molecular weight is 227 g/mol. The molecule has 3 nitrogen and oxygen atoms in total. The molecule has 1 fully saturated rings. The summed E-state index contributed by atoms with van der Waals surface area (Å²) in [7, 11) is 0. The van der Waals surface area contributed by atoms with Crippen LogP contribution in [0.5, 0.6) is 0 Å². The largest absolute Gasteiger partial charge is 0.379 e. The van der Waals surface area contributed by atoms with Gasteiger partial charge in [-0.2, -0.15) is 0 Å². The lowest BCUT2D eigenvalue weighted by atomic mass is 10.4. The van der Waals surface area contributed by atoms with Crippen molar-refractivity contribution in [3.8, 4) is 0 Å². The van der Waals surface area contributed by atoms with Crippen LogP contribution in [0.4, 0.5) is 5.82 Å². The predicted octanol–water partition coefficient (Wildman–Crippen LogP) is 2.57. The Hall–Kier alpha value is -0.800. The van der Waals surface area contributed by atoms with Crippen LogP contribution < -0.4 is 5.32 Å². The van der Waals surface area contributed by atoms with Gasteiger partial charge in [0.1, 0.15) is 5.82 Å². The van der Waals surface area contributed by atoms with Gasteiger partial charge in [0.05, 0.1) is 11.6 Å². The minimum absolute atomic E-state index is 0.658. The van der Waals surface area contributed by atoms with E-state index in [1.807, 2.05) is 12.1 Å². The second-order valence-corrected chi connectivity index (χ2v) is 4.24. The summed E-state index contributed by atoms with van der Waals surface area (Å²) in [5.41, 5.74) is 0. The van der Waals surface area contributed by atoms with E-state index in [0.29, 0.717) is 5.02 Å². The first-order valence-electron chi connectivity index (χ1n) is 5.28. The third-order valence-corrected chi connectivity index (χ3v) is 2.55. The lowest BCUT2D eigenvalue weighted by molar-refractivity contribution is 0.134. The second kappa shape index (κ2) is 5.33. The molecular formula is C11H15ClN2O. The van der Waals surface area contributed by atoms with Crippen LogP contribution in [-0.2, 0) is 4.74 Å². The van der Waals surface area contributed by atoms with Crippen molar-refractivity contribution in [2.75, 3.05) is 25.1 Å². The van der Waals surface area contributed by atoms with E-state index in [0.717, 1.165) is 31.5 Å². The molecule has 0 aliphatic heterocycles. The molecular weight excluding hydrogens is 212 g/mol. The fourth-order valence-electron chi connectivity index (χ4n) is 1.27. The summed E-state index contributed by atoms with van der Waals surface area (Å²) >= 11 is 5.72. The van der Waals surface area contributed by atoms with Crippen LogP contribution in [0.3, 0.4) is 0 Å². The van der Waals surface area contributed by atoms with E-state index < -0.39 is 0 Å². The Kier molecular flexibility index (Phi) is 3.80. The molecule has 4 heteroatoms. The molecule has 15 heavy (non-hydrogen) atoms. The zero-order chi connectivity index (χ0) is 10.5. The van der Waals surface area contributed by atoms with Gasteiger partial charge in [0.15, 0.2) is 0 Å². The lowest BCUT2D eigenvalue weighted by Gasteiger charge is -2.05. The second-order valence-electron chi connectivity index (χ2n) is 3.81. The molecule has 0 radical (unpaired) electrons. The summed E-state index contributed by atoms with van der Waals surface area (Å²) < 4.78 is 5.49. The number of pyridine rings is 1. The molecule has 1 aromatic heterocycles. The number of halogens is 1. The third kappa shape index (κ3) is 4.06. The lowest BCUT2D eigenvalue weighted by Crippen LogP contribution is -2.11. The zero-order valence-electron chi connectivity index (χ0n) is 8.58. The number of hydrogen-bond acceptors (Lipinski definition) is 3. The highest BCUT2D eigenvalue weighted by Crippen LogP contribution is 2.28. The van der Waals surface area contributed by atoms with E-state index in [4.69, 9.17) is 16.3 Å². The number of hydrogen-bond donors (Lipinski definition) is 1. The Morgan fingerprint density at radius 1 is 1.47 bits per heavy atom. The van der Waals surface area contributed by atoms with E-state index in [2.05, 4.69) is 10.3 Å². The molecule has 1 saturated carbocycles. The number of nitrogens with one attached hydrogen (secondary N) is 1. The standard InChI is InChI=1S/C11H15ClN2O/c12-10-3-4-11(14-7-10)13-5-6-15-8-9-1-2-9/h3-4,7,9H,1-2,5-6,8H2,(H,13,14). The molecule has 1 aliphatic rings. The average Bonchev–Trinajstić information content (AvgIpc) is 3.04. The number of anilines is 1. The van der Waals surface area contributed by atoms with Crippen LogP contribution in [0.1, 0.15) is 12.8 Å². The highest BCUT2D eigenvalue weighted by atomic mass is 35.5. The number of aromatic nitrogens is 1. The monoisotopic (exact) mass is 226 g/mol. The highest BCUT2D eigenvalue weighted by molar-refractivity contribution is 6.30. The fraction of sp³-hybridized carbons (Fsp3) is 0.545. The van der Waals surface area contributed by atoms with Crippen molar-refractivity contribution < 1.29 is 4.74 Å². The van der Waals surface area contributed by atoms with Crippen LogP contribution in [-0.4, -0.2) is 24.7 Å². The van der Waals surface area contributed by atoms with E-state index in [1.165, 1.54) is 12.8 Å². The Bertz CT molecular complexity index is 298. The van der Waals surface area contributed by atoms with Gasteiger partial charge < -0.3 is 10.1 Å². The van der Waals surface area contributed by atoms with Gasteiger partial charge in [-0.05, 0) is 30.9 Å². The van der Waals surface area contributed by atoms with Gasteiger partial charge in [0.25, 0.3) is 0 Å². The Morgan fingerprint density at radius 3 is 3.00 bits per heavy atom. The van der Waals surface area contributed by atoms with Crippen LogP contribution >= 0.6 is 11.6 Å². The molecule has 1 N–H and O–H groups in total. The highest BCUT2D eigenvalue weighted by Gasteiger charge is 2.20. The molecule has 1 heterocycles. The molecule has 0 bridgehead atoms. The number of ether oxygens (including phenoxy) is 1. The third-order valence-electron chi connectivity index (χ3n) is 2.33. The number of rotatable bonds is 6. The van der Waals surface area contributed by atoms with Crippen LogP contribution in [0, 0.1) is 5.92 Å². The smallest absolute Gasteiger partial charge is 0.126 e. The van der Waals surface area contributed by atoms with Gasteiger partial charge in [-0.25, -0.2) is 4.98 Å². The maximum absolute atomic E-state index is 5.72. The number of nitrogens with zero attached hydrogens (tertiary/aromatic N) is 1. The summed E-state index contributed by atoms with van der Waals surface area (Å²) in [5.74, 6) is 1.67. The summed E-state index contributed by atoms with van der Waals surface area (Å²) in [6.07, 6.45) is 4.31. The summed E-state index contributed by atoms with van der Waals surface area (Å²) in [4.78, 5) is 4.12. The minimum Gasteiger partial charge on any atom is -0.379 e. The molecule has 0 atom stereocenters. The molecule has 0 unspecified atom stereocenters. The predicted molar refractivity (Wildman–Crippen MR) is 61.3 cm³/mol. The first-order valence-corrected chi connectivity index (χ1v) is 5.65. The van der Waals surface area contributed by atoms with Crippen molar-refractivity contribution >= 4 is 17.4 Å². The molecule has 0 spiro atoms. The van der Waals surface area contributed by atoms with Crippen molar-refractivity contribution in [3.63, 3.8) is 0 Å². The van der Waals surface area contributed by atoms with Crippen molar-refractivity contribution in [2.45, 2.75) is 12.8 Å². The van der Waals surface area contributed by atoms with E-state index in [1.54, 1.807) is 6.20 Å². The first-order chi connectivity index (χ1) is 7.34. The molecule has 0 amide bonds. The molecule has 0 aromatic carbocycles. The Labute approximate surface area is 94.8 Å². The minimum atomic E-state index is 0.658. The quantitative estimate of drug-likeness (QED) is 0.758. The summed E-state index contributed by atoms with van der Waals surface area (Å²) in [6, 6.07) is 3.69. The Balaban J connectivity index is 1.58. The first kappa shape index (κ1) is 10.7. The molecule has 1 aromatic rings. The van der Waals surface area contributed by atoms with Gasteiger partial charge in [-0.15, -0.1) is 0 Å². The molecule has 0 saturated heterocycles. The van der Waals surface area contributed by atoms with Crippen molar-refractivity contribution in [2.24, 2.45) is 5.92 Å². The Morgan fingerprint density at radius 2 is 2.33 bits per heavy atom. The van der Waals surface area contributed by atoms with Gasteiger partial charge in [0.2, 0.25) is 0 Å². The van der Waals surface area contributed by atoms with Crippen molar-refractivity contribution in [1.82, 2.24) is 4.98 Å². The SMILES string of the molecule is Clc1ccc(NCCOCC2CC2)nc1. The summed E-state index contributed by atoms with van der Waals surface area (Å²) in [5, 5.41) is 3.83.